The minimum absolute atomic E-state index is 0.153. The van der Waals surface area contributed by atoms with E-state index < -0.39 is 12.0 Å². The molecule has 2 N–H and O–H groups in total. The van der Waals surface area contributed by atoms with Gasteiger partial charge in [0.05, 0.1) is 13.2 Å². The highest BCUT2D eigenvalue weighted by molar-refractivity contribution is 5.92. The SMILES string of the molecule is NC(=O)C1CN(C(=O)/C=C/c2cccc(-c3ccccc3)c2)CCO1. The largest absolute Gasteiger partial charge is 0.367 e. The summed E-state index contributed by atoms with van der Waals surface area (Å²) in [5, 5.41) is 0. The zero-order chi connectivity index (χ0) is 17.6. The van der Waals surface area contributed by atoms with E-state index in [0.29, 0.717) is 13.2 Å². The molecule has 0 aromatic heterocycles. The zero-order valence-corrected chi connectivity index (χ0v) is 13.8. The van der Waals surface area contributed by atoms with Gasteiger partial charge in [-0.3, -0.25) is 9.59 Å². The van der Waals surface area contributed by atoms with Crippen LogP contribution in [0.4, 0.5) is 0 Å². The monoisotopic (exact) mass is 336 g/mol. The van der Waals surface area contributed by atoms with Crippen LogP contribution >= 0.6 is 0 Å². The third-order valence-corrected chi connectivity index (χ3v) is 4.11. The van der Waals surface area contributed by atoms with E-state index in [0.717, 1.165) is 16.7 Å². The molecule has 5 nitrogen and oxygen atoms in total. The maximum Gasteiger partial charge on any atom is 0.248 e. The lowest BCUT2D eigenvalue weighted by atomic mass is 10.0. The number of ether oxygens (including phenoxy) is 1. The van der Waals surface area contributed by atoms with Crippen molar-refractivity contribution < 1.29 is 14.3 Å². The highest BCUT2D eigenvalue weighted by atomic mass is 16.5. The summed E-state index contributed by atoms with van der Waals surface area (Å²) in [5.41, 5.74) is 8.41. The predicted octanol–water partition coefficient (Wildman–Crippen LogP) is 2.08. The minimum Gasteiger partial charge on any atom is -0.367 e. The summed E-state index contributed by atoms with van der Waals surface area (Å²) in [5.74, 6) is -0.697. The summed E-state index contributed by atoms with van der Waals surface area (Å²) < 4.78 is 5.25. The fraction of sp³-hybridized carbons (Fsp3) is 0.200. The fourth-order valence-corrected chi connectivity index (χ4v) is 2.75. The van der Waals surface area contributed by atoms with Crippen LogP contribution < -0.4 is 5.73 Å². The number of hydrogen-bond donors (Lipinski definition) is 1. The molecule has 1 atom stereocenters. The van der Waals surface area contributed by atoms with Crippen LogP contribution in [0.1, 0.15) is 5.56 Å². The van der Waals surface area contributed by atoms with Crippen molar-refractivity contribution in [2.24, 2.45) is 5.73 Å². The van der Waals surface area contributed by atoms with Crippen molar-refractivity contribution in [3.8, 4) is 11.1 Å². The van der Waals surface area contributed by atoms with Crippen LogP contribution in [0.3, 0.4) is 0 Å². The van der Waals surface area contributed by atoms with Crippen molar-refractivity contribution in [3.05, 3.63) is 66.2 Å². The number of primary amides is 1. The molecule has 25 heavy (non-hydrogen) atoms. The number of carbonyl (C=O) groups excluding carboxylic acids is 2. The van der Waals surface area contributed by atoms with E-state index in [4.69, 9.17) is 10.5 Å². The lowest BCUT2D eigenvalue weighted by Gasteiger charge is -2.30. The lowest BCUT2D eigenvalue weighted by molar-refractivity contribution is -0.142. The molecule has 0 bridgehead atoms. The van der Waals surface area contributed by atoms with Crippen molar-refractivity contribution in [1.82, 2.24) is 4.90 Å². The third kappa shape index (κ3) is 4.33. The Morgan fingerprint density at radius 2 is 1.84 bits per heavy atom. The Kier molecular flexibility index (Phi) is 5.26. The Balaban J connectivity index is 1.69. The fourth-order valence-electron chi connectivity index (χ4n) is 2.75. The third-order valence-electron chi connectivity index (χ3n) is 4.11. The quantitative estimate of drug-likeness (QED) is 0.869. The van der Waals surface area contributed by atoms with Crippen LogP contribution in [0.2, 0.25) is 0 Å². The number of benzene rings is 2. The molecule has 128 valence electrons. The maximum absolute atomic E-state index is 12.3. The Hall–Kier alpha value is -2.92. The van der Waals surface area contributed by atoms with Gasteiger partial charge in [0.1, 0.15) is 0 Å². The Labute approximate surface area is 146 Å². The molecule has 2 aromatic rings. The molecule has 0 saturated carbocycles. The van der Waals surface area contributed by atoms with E-state index in [-0.39, 0.29) is 12.5 Å². The van der Waals surface area contributed by atoms with Gasteiger partial charge in [-0.25, -0.2) is 0 Å². The average molecular weight is 336 g/mol. The van der Waals surface area contributed by atoms with Crippen LogP contribution in [0, 0.1) is 0 Å². The standard InChI is InChI=1S/C20H20N2O3/c21-20(24)18-14-22(11-12-25-18)19(23)10-9-15-5-4-8-17(13-15)16-6-2-1-3-7-16/h1-10,13,18H,11-12,14H2,(H2,21,24)/b10-9+. The first-order chi connectivity index (χ1) is 12.1. The minimum atomic E-state index is -0.729. The molecular weight excluding hydrogens is 316 g/mol. The normalized spacial score (nSPS) is 17.6. The lowest BCUT2D eigenvalue weighted by Crippen LogP contribution is -2.50. The number of amides is 2. The van der Waals surface area contributed by atoms with Crippen LogP contribution in [0.15, 0.2) is 60.7 Å². The van der Waals surface area contributed by atoms with Gasteiger partial charge in [-0.15, -0.1) is 0 Å². The molecule has 2 aromatic carbocycles. The second-order valence-electron chi connectivity index (χ2n) is 5.87. The molecule has 1 aliphatic heterocycles. The molecule has 0 spiro atoms. The Morgan fingerprint density at radius 1 is 1.08 bits per heavy atom. The first-order valence-electron chi connectivity index (χ1n) is 8.17. The molecule has 1 aliphatic rings. The van der Waals surface area contributed by atoms with Gasteiger partial charge in [0.2, 0.25) is 11.8 Å². The van der Waals surface area contributed by atoms with Crippen LogP contribution in [0.5, 0.6) is 0 Å². The first kappa shape index (κ1) is 16.9. The van der Waals surface area contributed by atoms with Crippen molar-refractivity contribution >= 4 is 17.9 Å². The second-order valence-corrected chi connectivity index (χ2v) is 5.87. The maximum atomic E-state index is 12.3. The number of nitrogens with two attached hydrogens (primary N) is 1. The molecule has 1 fully saturated rings. The molecule has 3 rings (SSSR count). The average Bonchev–Trinajstić information content (AvgIpc) is 2.67. The Morgan fingerprint density at radius 3 is 2.60 bits per heavy atom. The van der Waals surface area contributed by atoms with Crippen LogP contribution in [-0.2, 0) is 14.3 Å². The second kappa shape index (κ2) is 7.77. The van der Waals surface area contributed by atoms with E-state index in [1.54, 1.807) is 11.0 Å². The van der Waals surface area contributed by atoms with Gasteiger partial charge in [-0.05, 0) is 28.8 Å². The summed E-state index contributed by atoms with van der Waals surface area (Å²) in [6, 6.07) is 18.0. The van der Waals surface area contributed by atoms with Crippen molar-refractivity contribution in [2.75, 3.05) is 19.7 Å². The van der Waals surface area contributed by atoms with E-state index in [9.17, 15) is 9.59 Å². The van der Waals surface area contributed by atoms with Gasteiger partial charge in [0.15, 0.2) is 6.10 Å². The first-order valence-corrected chi connectivity index (χ1v) is 8.17. The molecular formula is C20H20N2O3. The van der Waals surface area contributed by atoms with Gasteiger partial charge in [0.25, 0.3) is 0 Å². The van der Waals surface area contributed by atoms with Gasteiger partial charge < -0.3 is 15.4 Å². The van der Waals surface area contributed by atoms with Crippen molar-refractivity contribution in [3.63, 3.8) is 0 Å². The van der Waals surface area contributed by atoms with E-state index in [1.807, 2.05) is 54.6 Å². The van der Waals surface area contributed by atoms with Crippen molar-refractivity contribution in [1.29, 1.82) is 0 Å². The number of nitrogens with zero attached hydrogens (tertiary/aromatic N) is 1. The zero-order valence-electron chi connectivity index (χ0n) is 13.8. The van der Waals surface area contributed by atoms with Crippen molar-refractivity contribution in [2.45, 2.75) is 6.10 Å². The molecule has 1 saturated heterocycles. The Bertz CT molecular complexity index is 787. The molecule has 1 heterocycles. The molecule has 0 radical (unpaired) electrons. The predicted molar refractivity (Wildman–Crippen MR) is 96.4 cm³/mol. The van der Waals surface area contributed by atoms with Gasteiger partial charge in [0, 0.05) is 12.6 Å². The molecule has 1 unspecified atom stereocenters. The summed E-state index contributed by atoms with van der Waals surface area (Å²) in [6.45, 7) is 0.969. The topological polar surface area (TPSA) is 72.6 Å². The highest BCUT2D eigenvalue weighted by Gasteiger charge is 2.26. The van der Waals surface area contributed by atoms with E-state index in [1.165, 1.54) is 6.08 Å². The molecule has 2 amide bonds. The summed E-state index contributed by atoms with van der Waals surface area (Å²) >= 11 is 0. The van der Waals surface area contributed by atoms with Gasteiger partial charge >= 0.3 is 0 Å². The van der Waals surface area contributed by atoms with Gasteiger partial charge in [-0.2, -0.15) is 0 Å². The van der Waals surface area contributed by atoms with E-state index in [2.05, 4.69) is 0 Å². The molecule has 5 heteroatoms. The number of hydrogen-bond acceptors (Lipinski definition) is 3. The highest BCUT2D eigenvalue weighted by Crippen LogP contribution is 2.20. The molecule has 0 aliphatic carbocycles. The number of morpholine rings is 1. The van der Waals surface area contributed by atoms with Crippen LogP contribution in [-0.4, -0.2) is 42.5 Å². The van der Waals surface area contributed by atoms with Crippen LogP contribution in [0.25, 0.3) is 17.2 Å². The number of carbonyl (C=O) groups is 2. The summed E-state index contributed by atoms with van der Waals surface area (Å²) in [6.07, 6.45) is 2.57. The smallest absolute Gasteiger partial charge is 0.248 e. The van der Waals surface area contributed by atoms with Gasteiger partial charge in [-0.1, -0.05) is 48.5 Å². The summed E-state index contributed by atoms with van der Waals surface area (Å²) in [4.78, 5) is 25.1. The summed E-state index contributed by atoms with van der Waals surface area (Å²) in [7, 11) is 0. The van der Waals surface area contributed by atoms with E-state index >= 15 is 0 Å². The number of rotatable bonds is 4.